The fraction of sp³-hybridized carbons (Fsp3) is 0.250. The summed E-state index contributed by atoms with van der Waals surface area (Å²) in [5, 5.41) is 0.636. The molecule has 1 atom stereocenters. The molecule has 0 aliphatic heterocycles. The summed E-state index contributed by atoms with van der Waals surface area (Å²) in [6.45, 7) is 2.58. The van der Waals surface area contributed by atoms with Crippen LogP contribution < -0.4 is 15.2 Å². The highest BCUT2D eigenvalue weighted by Crippen LogP contribution is 2.31. The Balaban J connectivity index is 2.37. The van der Waals surface area contributed by atoms with Crippen molar-refractivity contribution in [1.82, 2.24) is 0 Å². The summed E-state index contributed by atoms with van der Waals surface area (Å²) in [7, 11) is 1.62. The van der Waals surface area contributed by atoms with Crippen LogP contribution in [0.1, 0.15) is 24.1 Å². The molecule has 0 amide bonds. The Labute approximate surface area is 124 Å². The Kier molecular flexibility index (Phi) is 4.88. The van der Waals surface area contributed by atoms with Gasteiger partial charge in [0.25, 0.3) is 0 Å². The Morgan fingerprint density at radius 1 is 1.20 bits per heavy atom. The number of methoxy groups -OCH3 is 1. The van der Waals surface area contributed by atoms with Gasteiger partial charge in [-0.2, -0.15) is 0 Å². The molecule has 0 heterocycles. The minimum atomic E-state index is -0.316. The molecular weight excluding hydrogens is 274 g/mol. The molecule has 4 heteroatoms. The predicted molar refractivity (Wildman–Crippen MR) is 81.6 cm³/mol. The molecular formula is C16H18ClNO2. The van der Waals surface area contributed by atoms with Crippen molar-refractivity contribution in [1.29, 1.82) is 0 Å². The van der Waals surface area contributed by atoms with Gasteiger partial charge in [-0.1, -0.05) is 23.7 Å². The van der Waals surface area contributed by atoms with E-state index >= 15 is 0 Å². The molecule has 2 rings (SSSR count). The van der Waals surface area contributed by atoms with E-state index in [1.54, 1.807) is 13.2 Å². The van der Waals surface area contributed by atoms with E-state index in [0.717, 1.165) is 22.6 Å². The van der Waals surface area contributed by atoms with Gasteiger partial charge in [0, 0.05) is 10.6 Å². The van der Waals surface area contributed by atoms with E-state index in [9.17, 15) is 0 Å². The van der Waals surface area contributed by atoms with Gasteiger partial charge in [0.05, 0.1) is 19.8 Å². The zero-order chi connectivity index (χ0) is 14.5. The standard InChI is InChI=1S/C16H18ClNO2/c1-3-20-13-6-4-5-11(9-13)16(18)14-10-12(17)7-8-15(14)19-2/h4-10,16H,3,18H2,1-2H3. The maximum Gasteiger partial charge on any atom is 0.124 e. The third kappa shape index (κ3) is 3.24. The Hall–Kier alpha value is -1.71. The summed E-state index contributed by atoms with van der Waals surface area (Å²) in [6, 6.07) is 12.9. The van der Waals surface area contributed by atoms with Crippen molar-refractivity contribution in [2.24, 2.45) is 5.73 Å². The fourth-order valence-corrected chi connectivity index (χ4v) is 2.27. The van der Waals surface area contributed by atoms with E-state index in [1.165, 1.54) is 0 Å². The van der Waals surface area contributed by atoms with Gasteiger partial charge in [-0.3, -0.25) is 0 Å². The minimum absolute atomic E-state index is 0.316. The van der Waals surface area contributed by atoms with Crippen LogP contribution in [0.3, 0.4) is 0 Å². The van der Waals surface area contributed by atoms with Crippen LogP contribution in [0, 0.1) is 0 Å². The van der Waals surface area contributed by atoms with Crippen molar-refractivity contribution >= 4 is 11.6 Å². The molecule has 0 spiro atoms. The first-order chi connectivity index (χ1) is 9.65. The lowest BCUT2D eigenvalue weighted by molar-refractivity contribution is 0.339. The van der Waals surface area contributed by atoms with Gasteiger partial charge in [-0.05, 0) is 42.8 Å². The number of nitrogens with two attached hydrogens (primary N) is 1. The first kappa shape index (κ1) is 14.7. The third-order valence-electron chi connectivity index (χ3n) is 3.06. The highest BCUT2D eigenvalue weighted by atomic mass is 35.5. The number of rotatable bonds is 5. The lowest BCUT2D eigenvalue weighted by Crippen LogP contribution is -2.13. The minimum Gasteiger partial charge on any atom is -0.496 e. The van der Waals surface area contributed by atoms with Crippen LogP contribution in [-0.4, -0.2) is 13.7 Å². The molecule has 20 heavy (non-hydrogen) atoms. The van der Waals surface area contributed by atoms with Crippen molar-refractivity contribution in [3.05, 3.63) is 58.6 Å². The largest absolute Gasteiger partial charge is 0.496 e. The number of ether oxygens (including phenoxy) is 2. The van der Waals surface area contributed by atoms with Gasteiger partial charge in [-0.15, -0.1) is 0 Å². The second-order valence-corrected chi connectivity index (χ2v) is 4.81. The highest BCUT2D eigenvalue weighted by Gasteiger charge is 2.15. The molecule has 0 saturated heterocycles. The molecule has 106 valence electrons. The summed E-state index contributed by atoms with van der Waals surface area (Å²) in [5.74, 6) is 1.53. The Morgan fingerprint density at radius 2 is 2.00 bits per heavy atom. The SMILES string of the molecule is CCOc1cccc(C(N)c2cc(Cl)ccc2OC)c1. The predicted octanol–water partition coefficient (Wildman–Crippen LogP) is 3.80. The lowest BCUT2D eigenvalue weighted by Gasteiger charge is -2.17. The number of benzene rings is 2. The van der Waals surface area contributed by atoms with Gasteiger partial charge < -0.3 is 15.2 Å². The molecule has 2 aromatic rings. The summed E-state index contributed by atoms with van der Waals surface area (Å²) in [4.78, 5) is 0. The normalized spacial score (nSPS) is 12.0. The van der Waals surface area contributed by atoms with Gasteiger partial charge in [0.1, 0.15) is 11.5 Å². The topological polar surface area (TPSA) is 44.5 Å². The zero-order valence-corrected chi connectivity index (χ0v) is 12.4. The number of halogens is 1. The quantitative estimate of drug-likeness (QED) is 0.911. The molecule has 0 fully saturated rings. The second kappa shape index (κ2) is 6.64. The third-order valence-corrected chi connectivity index (χ3v) is 3.29. The first-order valence-electron chi connectivity index (χ1n) is 6.47. The summed E-state index contributed by atoms with van der Waals surface area (Å²) >= 11 is 6.05. The molecule has 0 bridgehead atoms. The average Bonchev–Trinajstić information content (AvgIpc) is 2.47. The molecule has 0 aliphatic rings. The lowest BCUT2D eigenvalue weighted by atomic mass is 9.98. The molecule has 2 N–H and O–H groups in total. The summed E-state index contributed by atoms with van der Waals surface area (Å²) in [5.41, 5.74) is 8.14. The van der Waals surface area contributed by atoms with Crippen molar-refractivity contribution in [3.8, 4) is 11.5 Å². The Morgan fingerprint density at radius 3 is 2.70 bits per heavy atom. The fourth-order valence-electron chi connectivity index (χ4n) is 2.09. The van der Waals surface area contributed by atoms with E-state index < -0.39 is 0 Å². The zero-order valence-electron chi connectivity index (χ0n) is 11.6. The van der Waals surface area contributed by atoms with E-state index in [0.29, 0.717) is 11.6 Å². The molecule has 1 unspecified atom stereocenters. The van der Waals surface area contributed by atoms with Crippen LogP contribution in [0.15, 0.2) is 42.5 Å². The van der Waals surface area contributed by atoms with Crippen LogP contribution >= 0.6 is 11.6 Å². The van der Waals surface area contributed by atoms with Crippen LogP contribution in [0.5, 0.6) is 11.5 Å². The smallest absolute Gasteiger partial charge is 0.124 e. The van der Waals surface area contributed by atoms with Crippen LogP contribution in [-0.2, 0) is 0 Å². The van der Waals surface area contributed by atoms with E-state index in [2.05, 4.69) is 0 Å². The van der Waals surface area contributed by atoms with Crippen molar-refractivity contribution < 1.29 is 9.47 Å². The van der Waals surface area contributed by atoms with Crippen LogP contribution in [0.2, 0.25) is 5.02 Å². The van der Waals surface area contributed by atoms with Crippen molar-refractivity contribution in [2.45, 2.75) is 13.0 Å². The van der Waals surface area contributed by atoms with Gasteiger partial charge >= 0.3 is 0 Å². The van der Waals surface area contributed by atoms with Gasteiger partial charge in [0.2, 0.25) is 0 Å². The van der Waals surface area contributed by atoms with E-state index in [1.807, 2.05) is 43.3 Å². The summed E-state index contributed by atoms with van der Waals surface area (Å²) in [6.07, 6.45) is 0. The van der Waals surface area contributed by atoms with Crippen LogP contribution in [0.4, 0.5) is 0 Å². The summed E-state index contributed by atoms with van der Waals surface area (Å²) < 4.78 is 10.9. The highest BCUT2D eigenvalue weighted by molar-refractivity contribution is 6.30. The van der Waals surface area contributed by atoms with Crippen LogP contribution in [0.25, 0.3) is 0 Å². The number of hydrogen-bond donors (Lipinski definition) is 1. The second-order valence-electron chi connectivity index (χ2n) is 4.37. The maximum atomic E-state index is 6.33. The average molecular weight is 292 g/mol. The van der Waals surface area contributed by atoms with E-state index in [-0.39, 0.29) is 6.04 Å². The van der Waals surface area contributed by atoms with E-state index in [4.69, 9.17) is 26.8 Å². The van der Waals surface area contributed by atoms with Crippen molar-refractivity contribution in [2.75, 3.05) is 13.7 Å². The molecule has 0 saturated carbocycles. The Bertz CT molecular complexity index is 586. The molecule has 0 aliphatic carbocycles. The van der Waals surface area contributed by atoms with Gasteiger partial charge in [0.15, 0.2) is 0 Å². The molecule has 0 aromatic heterocycles. The van der Waals surface area contributed by atoms with Gasteiger partial charge in [-0.25, -0.2) is 0 Å². The molecule has 3 nitrogen and oxygen atoms in total. The first-order valence-corrected chi connectivity index (χ1v) is 6.85. The maximum absolute atomic E-state index is 6.33. The molecule has 2 aromatic carbocycles. The van der Waals surface area contributed by atoms with Crippen molar-refractivity contribution in [3.63, 3.8) is 0 Å². The molecule has 0 radical (unpaired) electrons. The number of hydrogen-bond acceptors (Lipinski definition) is 3. The monoisotopic (exact) mass is 291 g/mol.